The molecule has 0 aliphatic carbocycles. The number of aryl methyl sites for hydroxylation is 1. The highest BCUT2D eigenvalue weighted by Gasteiger charge is 2.30. The normalized spacial score (nSPS) is 12.7. The molecule has 0 unspecified atom stereocenters. The van der Waals surface area contributed by atoms with E-state index in [1.807, 2.05) is 63.4 Å². The van der Waals surface area contributed by atoms with Gasteiger partial charge in [-0.1, -0.05) is 6.07 Å². The molecule has 0 spiro atoms. The minimum absolute atomic E-state index is 0.158. The van der Waals surface area contributed by atoms with Crippen molar-refractivity contribution in [1.82, 2.24) is 9.38 Å². The largest absolute Gasteiger partial charge is 0.337 e. The first-order chi connectivity index (χ1) is 9.81. The van der Waals surface area contributed by atoms with Crippen LogP contribution in [0.2, 0.25) is 0 Å². The summed E-state index contributed by atoms with van der Waals surface area (Å²) in [5.74, 6) is 0. The molecule has 0 saturated heterocycles. The molecule has 0 amide bonds. The van der Waals surface area contributed by atoms with Gasteiger partial charge in [-0.05, 0) is 46.8 Å². The van der Waals surface area contributed by atoms with Crippen LogP contribution in [0.3, 0.4) is 0 Å². The molecule has 0 atom stereocenters. The molecule has 2 aromatic heterocycles. The fourth-order valence-electron chi connectivity index (χ4n) is 2.28. The average molecular weight is 310 g/mol. The molecule has 21 heavy (non-hydrogen) atoms. The van der Waals surface area contributed by atoms with Crippen molar-refractivity contribution in [2.24, 2.45) is 0 Å². The van der Waals surface area contributed by atoms with E-state index in [1.54, 1.807) is 0 Å². The van der Waals surface area contributed by atoms with Gasteiger partial charge in [0.25, 0.3) is 0 Å². The van der Waals surface area contributed by atoms with E-state index >= 15 is 0 Å². The second kappa shape index (κ2) is 6.30. The third-order valence-electron chi connectivity index (χ3n) is 2.92. The molecule has 0 N–H and O–H groups in total. The quantitative estimate of drug-likeness (QED) is 0.751. The van der Waals surface area contributed by atoms with Crippen LogP contribution in [-0.2, 0) is 19.8 Å². The number of hydrogen-bond acceptors (Lipinski definition) is 4. The smallest absolute Gasteiger partial charge is 0.306 e. The van der Waals surface area contributed by atoms with Crippen LogP contribution >= 0.6 is 7.60 Å². The number of rotatable bonds is 6. The monoisotopic (exact) mass is 310 g/mol. The maximum atomic E-state index is 13.0. The molecule has 0 bridgehead atoms. The molecular formula is C15H23N2O3P. The zero-order valence-corrected chi connectivity index (χ0v) is 14.1. The van der Waals surface area contributed by atoms with Gasteiger partial charge >= 0.3 is 7.60 Å². The Bertz CT molecular complexity index is 650. The van der Waals surface area contributed by atoms with Crippen LogP contribution in [-0.4, -0.2) is 21.6 Å². The molecule has 0 aromatic carbocycles. The molecule has 2 rings (SSSR count). The Morgan fingerprint density at radius 2 is 1.81 bits per heavy atom. The predicted octanol–water partition coefficient (Wildman–Crippen LogP) is 4.19. The maximum absolute atomic E-state index is 13.0. The van der Waals surface area contributed by atoms with Gasteiger partial charge in [-0.25, -0.2) is 4.98 Å². The van der Waals surface area contributed by atoms with Crippen molar-refractivity contribution < 1.29 is 13.6 Å². The summed E-state index contributed by atoms with van der Waals surface area (Å²) in [5, 5.41) is 0. The Morgan fingerprint density at radius 1 is 1.19 bits per heavy atom. The first kappa shape index (κ1) is 16.2. The number of nitrogens with zero attached hydrogens (tertiary/aromatic N) is 2. The maximum Gasteiger partial charge on any atom is 0.337 e. The molecule has 0 aliphatic heterocycles. The molecule has 6 heteroatoms. The van der Waals surface area contributed by atoms with E-state index in [-0.39, 0.29) is 18.4 Å². The molecule has 116 valence electrons. The molecule has 0 aliphatic rings. The summed E-state index contributed by atoms with van der Waals surface area (Å²) in [5.41, 5.74) is 2.56. The predicted molar refractivity (Wildman–Crippen MR) is 83.7 cm³/mol. The van der Waals surface area contributed by atoms with Gasteiger partial charge in [0, 0.05) is 6.20 Å². The fourth-order valence-corrected chi connectivity index (χ4v) is 4.51. The highest BCUT2D eigenvalue weighted by Crippen LogP contribution is 2.53. The standard InChI is InChI=1S/C15H23N2O3P/c1-11(2)19-21(18,20-12(3)4)10-14-13(5)16-15-8-6-7-9-17(14)15/h6-9,11-12H,10H2,1-5H3. The van der Waals surface area contributed by atoms with Gasteiger partial charge in [0.2, 0.25) is 0 Å². The Balaban J connectivity index is 2.38. The van der Waals surface area contributed by atoms with E-state index in [9.17, 15) is 4.57 Å². The molecule has 0 saturated carbocycles. The van der Waals surface area contributed by atoms with Crippen molar-refractivity contribution in [2.45, 2.75) is 53.0 Å². The Hall–Kier alpha value is -1.16. The van der Waals surface area contributed by atoms with Crippen LogP contribution in [0.5, 0.6) is 0 Å². The summed E-state index contributed by atoms with van der Waals surface area (Å²) < 4.78 is 26.2. The number of fused-ring (bicyclic) bond motifs is 1. The average Bonchev–Trinajstić information content (AvgIpc) is 2.63. The summed E-state index contributed by atoms with van der Waals surface area (Å²) in [4.78, 5) is 4.49. The summed E-state index contributed by atoms with van der Waals surface area (Å²) in [6.45, 7) is 9.35. The minimum Gasteiger partial charge on any atom is -0.306 e. The molecule has 0 fully saturated rings. The molecule has 0 radical (unpaired) electrons. The van der Waals surface area contributed by atoms with Crippen molar-refractivity contribution in [1.29, 1.82) is 0 Å². The summed E-state index contributed by atoms with van der Waals surface area (Å²) in [6, 6.07) is 5.78. The number of pyridine rings is 1. The zero-order chi connectivity index (χ0) is 15.6. The lowest BCUT2D eigenvalue weighted by molar-refractivity contribution is 0.141. The van der Waals surface area contributed by atoms with Gasteiger partial charge < -0.3 is 13.4 Å². The summed E-state index contributed by atoms with van der Waals surface area (Å²) >= 11 is 0. The first-order valence-electron chi connectivity index (χ1n) is 7.19. The van der Waals surface area contributed by atoms with Crippen molar-refractivity contribution in [2.75, 3.05) is 0 Å². The second-order valence-corrected chi connectivity index (χ2v) is 7.61. The lowest BCUT2D eigenvalue weighted by Crippen LogP contribution is -2.10. The lowest BCUT2D eigenvalue weighted by Gasteiger charge is -2.22. The molecule has 5 nitrogen and oxygen atoms in total. The molecule has 2 aromatic rings. The van der Waals surface area contributed by atoms with Gasteiger partial charge in [0.1, 0.15) is 5.65 Å². The van der Waals surface area contributed by atoms with E-state index in [4.69, 9.17) is 9.05 Å². The van der Waals surface area contributed by atoms with Crippen molar-refractivity contribution >= 4 is 13.2 Å². The molecular weight excluding hydrogens is 287 g/mol. The number of aromatic nitrogens is 2. The highest BCUT2D eigenvalue weighted by molar-refractivity contribution is 7.53. The van der Waals surface area contributed by atoms with E-state index in [0.29, 0.717) is 0 Å². The third-order valence-corrected chi connectivity index (χ3v) is 5.09. The third kappa shape index (κ3) is 3.94. The van der Waals surface area contributed by atoms with Gasteiger partial charge in [-0.2, -0.15) is 0 Å². The minimum atomic E-state index is -3.21. The Morgan fingerprint density at radius 3 is 2.38 bits per heavy atom. The molecule has 2 heterocycles. The SMILES string of the molecule is Cc1nc2ccccn2c1CP(=O)(OC(C)C)OC(C)C. The van der Waals surface area contributed by atoms with Crippen molar-refractivity contribution in [3.63, 3.8) is 0 Å². The Kier molecular flexibility index (Phi) is 4.87. The van der Waals surface area contributed by atoms with Crippen molar-refractivity contribution in [3.05, 3.63) is 35.8 Å². The summed E-state index contributed by atoms with van der Waals surface area (Å²) in [7, 11) is -3.21. The number of hydrogen-bond donors (Lipinski definition) is 0. The second-order valence-electron chi connectivity index (χ2n) is 5.65. The fraction of sp³-hybridized carbons (Fsp3) is 0.533. The van der Waals surface area contributed by atoms with Gasteiger partial charge in [-0.3, -0.25) is 4.57 Å². The van der Waals surface area contributed by atoms with Gasteiger partial charge in [-0.15, -0.1) is 0 Å². The Labute approximate surface area is 125 Å². The summed E-state index contributed by atoms with van der Waals surface area (Å²) in [6.07, 6.45) is 1.82. The van der Waals surface area contributed by atoms with Crippen LogP contribution in [0.15, 0.2) is 24.4 Å². The van der Waals surface area contributed by atoms with Crippen LogP contribution < -0.4 is 0 Å². The highest BCUT2D eigenvalue weighted by atomic mass is 31.2. The van der Waals surface area contributed by atoms with Crippen LogP contribution in [0, 0.1) is 6.92 Å². The van der Waals surface area contributed by atoms with Crippen LogP contribution in [0.4, 0.5) is 0 Å². The zero-order valence-electron chi connectivity index (χ0n) is 13.2. The van der Waals surface area contributed by atoms with E-state index in [2.05, 4.69) is 4.98 Å². The van der Waals surface area contributed by atoms with Gasteiger partial charge in [0.15, 0.2) is 0 Å². The number of imidazole rings is 1. The topological polar surface area (TPSA) is 52.8 Å². The van der Waals surface area contributed by atoms with Crippen molar-refractivity contribution in [3.8, 4) is 0 Å². The van der Waals surface area contributed by atoms with E-state index in [1.165, 1.54) is 0 Å². The van der Waals surface area contributed by atoms with E-state index in [0.717, 1.165) is 17.0 Å². The van der Waals surface area contributed by atoms with E-state index < -0.39 is 7.60 Å². The lowest BCUT2D eigenvalue weighted by atomic mass is 10.4. The van der Waals surface area contributed by atoms with Crippen LogP contribution in [0.25, 0.3) is 5.65 Å². The van der Waals surface area contributed by atoms with Gasteiger partial charge in [0.05, 0.1) is 29.8 Å². The first-order valence-corrected chi connectivity index (χ1v) is 8.92. The van der Waals surface area contributed by atoms with Crippen LogP contribution in [0.1, 0.15) is 39.1 Å².